The smallest absolute Gasteiger partial charge is 0.127 e. The van der Waals surface area contributed by atoms with Gasteiger partial charge < -0.3 is 4.74 Å². The van der Waals surface area contributed by atoms with Crippen molar-refractivity contribution in [3.05, 3.63) is 0 Å². The minimum Gasteiger partial charge on any atom is -0.385 e. The molecule has 1 nitrogen and oxygen atoms in total. The van der Waals surface area contributed by atoms with Crippen LogP contribution in [0.1, 0.15) is 12.8 Å². The van der Waals surface area contributed by atoms with Crippen LogP contribution in [0, 0.1) is 0 Å². The van der Waals surface area contributed by atoms with E-state index in [4.69, 9.17) is 4.74 Å². The van der Waals surface area contributed by atoms with Gasteiger partial charge in [-0.1, -0.05) is 19.2 Å². The second-order valence-electron chi connectivity index (χ2n) is 2.61. The molecule has 1 atom stereocenters. The van der Waals surface area contributed by atoms with Crippen molar-refractivity contribution >= 4 is 7.28 Å². The summed E-state index contributed by atoms with van der Waals surface area (Å²) in [4.78, 5) is 0. The SMILES string of the molecule is COC[C@H]1BCCC1. The molecule has 1 aliphatic heterocycles. The van der Waals surface area contributed by atoms with Crippen LogP contribution in [0.25, 0.3) is 0 Å². The van der Waals surface area contributed by atoms with Gasteiger partial charge in [0.1, 0.15) is 7.28 Å². The molecular weight excluding hydrogens is 98.9 g/mol. The highest BCUT2D eigenvalue weighted by molar-refractivity contribution is 6.38. The Bertz CT molecular complexity index is 59.5. The van der Waals surface area contributed by atoms with E-state index in [0.29, 0.717) is 0 Å². The molecule has 46 valence electrons. The first-order chi connectivity index (χ1) is 3.93. The van der Waals surface area contributed by atoms with Crippen molar-refractivity contribution in [3.8, 4) is 0 Å². The molecule has 0 unspecified atom stereocenters. The average molecular weight is 112 g/mol. The summed E-state index contributed by atoms with van der Waals surface area (Å²) < 4.78 is 5.03. The first-order valence-electron chi connectivity index (χ1n) is 3.42. The van der Waals surface area contributed by atoms with Crippen molar-refractivity contribution in [2.45, 2.75) is 25.0 Å². The van der Waals surface area contributed by atoms with E-state index in [1.165, 1.54) is 26.4 Å². The molecular formula is C6H13BO. The lowest BCUT2D eigenvalue weighted by Gasteiger charge is -2.03. The van der Waals surface area contributed by atoms with Crippen molar-refractivity contribution in [1.29, 1.82) is 0 Å². The highest BCUT2D eigenvalue weighted by Gasteiger charge is 2.15. The average Bonchev–Trinajstić information content (AvgIpc) is 2.19. The molecule has 0 aromatic carbocycles. The summed E-state index contributed by atoms with van der Waals surface area (Å²) in [6.07, 6.45) is 4.25. The van der Waals surface area contributed by atoms with Crippen LogP contribution in [-0.2, 0) is 4.74 Å². The molecule has 1 rings (SSSR count). The van der Waals surface area contributed by atoms with Crippen molar-refractivity contribution in [2.24, 2.45) is 0 Å². The van der Waals surface area contributed by atoms with Gasteiger partial charge in [0.15, 0.2) is 0 Å². The Labute approximate surface area is 51.7 Å². The second-order valence-corrected chi connectivity index (χ2v) is 2.61. The summed E-state index contributed by atoms with van der Waals surface area (Å²) in [7, 11) is 3.19. The Balaban J connectivity index is 2.06. The maximum Gasteiger partial charge on any atom is 0.127 e. The van der Waals surface area contributed by atoms with E-state index < -0.39 is 0 Å². The van der Waals surface area contributed by atoms with Gasteiger partial charge in [0.25, 0.3) is 0 Å². The Hall–Kier alpha value is 0.0249. The van der Waals surface area contributed by atoms with Crippen LogP contribution < -0.4 is 0 Å². The number of hydrogen-bond acceptors (Lipinski definition) is 1. The van der Waals surface area contributed by atoms with Crippen LogP contribution >= 0.6 is 0 Å². The van der Waals surface area contributed by atoms with Crippen LogP contribution in [0.15, 0.2) is 0 Å². The summed E-state index contributed by atoms with van der Waals surface area (Å²) in [5.74, 6) is 0.889. The van der Waals surface area contributed by atoms with Crippen LogP contribution in [0.5, 0.6) is 0 Å². The van der Waals surface area contributed by atoms with E-state index in [-0.39, 0.29) is 0 Å². The summed E-state index contributed by atoms with van der Waals surface area (Å²) in [6, 6.07) is 0. The van der Waals surface area contributed by atoms with Gasteiger partial charge >= 0.3 is 0 Å². The van der Waals surface area contributed by atoms with Gasteiger partial charge in [-0.05, 0) is 5.82 Å². The number of ether oxygens (including phenoxy) is 1. The highest BCUT2D eigenvalue weighted by atomic mass is 16.5. The molecule has 1 saturated heterocycles. The van der Waals surface area contributed by atoms with Crippen molar-refractivity contribution < 1.29 is 4.74 Å². The predicted molar refractivity (Wildman–Crippen MR) is 36.8 cm³/mol. The predicted octanol–water partition coefficient (Wildman–Crippen LogP) is 1.07. The molecule has 0 saturated carbocycles. The topological polar surface area (TPSA) is 9.23 Å². The second kappa shape index (κ2) is 3.13. The van der Waals surface area contributed by atoms with Crippen molar-refractivity contribution in [1.82, 2.24) is 0 Å². The summed E-state index contributed by atoms with van der Waals surface area (Å²) in [5.41, 5.74) is 0. The molecule has 0 bridgehead atoms. The fourth-order valence-electron chi connectivity index (χ4n) is 1.41. The summed E-state index contributed by atoms with van der Waals surface area (Å²) in [6.45, 7) is 0.986. The zero-order chi connectivity index (χ0) is 5.82. The van der Waals surface area contributed by atoms with E-state index in [1.807, 2.05) is 0 Å². The van der Waals surface area contributed by atoms with Crippen LogP contribution in [0.2, 0.25) is 12.1 Å². The standard InChI is InChI=1S/C6H13BO/c1-8-5-6-3-2-4-7-6/h6-7H,2-5H2,1H3/t6-/m0/s1. The highest BCUT2D eigenvalue weighted by Crippen LogP contribution is 2.23. The quantitative estimate of drug-likeness (QED) is 0.485. The number of methoxy groups -OCH3 is 1. The molecule has 0 N–H and O–H groups in total. The molecule has 1 heterocycles. The molecule has 0 aromatic heterocycles. The molecule has 8 heavy (non-hydrogen) atoms. The third-order valence-electron chi connectivity index (χ3n) is 1.88. The monoisotopic (exact) mass is 112 g/mol. The Kier molecular flexibility index (Phi) is 2.41. The van der Waals surface area contributed by atoms with E-state index in [2.05, 4.69) is 0 Å². The van der Waals surface area contributed by atoms with E-state index in [1.54, 1.807) is 7.11 Å². The van der Waals surface area contributed by atoms with Gasteiger partial charge in [-0.15, -0.1) is 0 Å². The van der Waals surface area contributed by atoms with Gasteiger partial charge in [-0.25, -0.2) is 0 Å². The number of rotatable bonds is 2. The maximum atomic E-state index is 5.03. The molecule has 0 amide bonds. The third-order valence-corrected chi connectivity index (χ3v) is 1.88. The Morgan fingerprint density at radius 2 is 2.62 bits per heavy atom. The Morgan fingerprint density at radius 1 is 1.75 bits per heavy atom. The van der Waals surface area contributed by atoms with E-state index in [9.17, 15) is 0 Å². The first-order valence-corrected chi connectivity index (χ1v) is 3.42. The first kappa shape index (κ1) is 6.15. The molecule has 0 aromatic rings. The fourth-order valence-corrected chi connectivity index (χ4v) is 1.41. The van der Waals surface area contributed by atoms with E-state index >= 15 is 0 Å². The van der Waals surface area contributed by atoms with Crippen LogP contribution in [-0.4, -0.2) is 21.0 Å². The summed E-state index contributed by atoms with van der Waals surface area (Å²) in [5, 5.41) is 0. The zero-order valence-electron chi connectivity index (χ0n) is 5.52. The largest absolute Gasteiger partial charge is 0.385 e. The zero-order valence-corrected chi connectivity index (χ0v) is 5.52. The maximum absolute atomic E-state index is 5.03. The lowest BCUT2D eigenvalue weighted by molar-refractivity contribution is 0.194. The molecule has 0 radical (unpaired) electrons. The summed E-state index contributed by atoms with van der Waals surface area (Å²) >= 11 is 0. The van der Waals surface area contributed by atoms with Gasteiger partial charge in [-0.2, -0.15) is 0 Å². The van der Waals surface area contributed by atoms with Crippen LogP contribution in [0.3, 0.4) is 0 Å². The lowest BCUT2D eigenvalue weighted by atomic mass is 9.68. The van der Waals surface area contributed by atoms with Gasteiger partial charge in [-0.3, -0.25) is 0 Å². The lowest BCUT2D eigenvalue weighted by Crippen LogP contribution is -2.01. The molecule has 0 spiro atoms. The fraction of sp³-hybridized carbons (Fsp3) is 1.00. The minimum absolute atomic E-state index is 0.889. The van der Waals surface area contributed by atoms with Gasteiger partial charge in [0.05, 0.1) is 0 Å². The van der Waals surface area contributed by atoms with Gasteiger partial charge in [0, 0.05) is 13.7 Å². The number of hydrogen-bond donors (Lipinski definition) is 0. The van der Waals surface area contributed by atoms with Crippen molar-refractivity contribution in [2.75, 3.05) is 13.7 Å². The molecule has 1 aliphatic rings. The molecule has 0 aliphatic carbocycles. The van der Waals surface area contributed by atoms with E-state index in [0.717, 1.165) is 12.4 Å². The van der Waals surface area contributed by atoms with Crippen LogP contribution in [0.4, 0.5) is 0 Å². The van der Waals surface area contributed by atoms with Gasteiger partial charge in [0.2, 0.25) is 0 Å². The molecule has 1 fully saturated rings. The minimum atomic E-state index is 0.889. The normalized spacial score (nSPS) is 27.9. The molecule has 2 heteroatoms. The third kappa shape index (κ3) is 1.51. The van der Waals surface area contributed by atoms with Crippen molar-refractivity contribution in [3.63, 3.8) is 0 Å². The Morgan fingerprint density at radius 3 is 3.12 bits per heavy atom.